The molecule has 1 aromatic carbocycles. The fourth-order valence-corrected chi connectivity index (χ4v) is 6.42. The van der Waals surface area contributed by atoms with E-state index in [2.05, 4.69) is 67.7 Å². The van der Waals surface area contributed by atoms with E-state index in [1.54, 1.807) is 45.0 Å². The zero-order valence-corrected chi connectivity index (χ0v) is 31.4. The lowest BCUT2D eigenvalue weighted by molar-refractivity contribution is -0.138. The van der Waals surface area contributed by atoms with Crippen LogP contribution in [0.2, 0.25) is 36.3 Å². The Morgan fingerprint density at radius 2 is 1.26 bits per heavy atom. The minimum atomic E-state index is -2.44. The number of para-hydroxylation sites is 1. The van der Waals surface area contributed by atoms with Gasteiger partial charge in [0, 0.05) is 17.9 Å². The molecular formula is C33H59NO6Si2. The summed E-state index contributed by atoms with van der Waals surface area (Å²) >= 11 is 0. The molecule has 0 saturated heterocycles. The maximum Gasteiger partial charge on any atom is 0.421 e. The van der Waals surface area contributed by atoms with E-state index in [-0.39, 0.29) is 22.3 Å². The Morgan fingerprint density at radius 3 is 1.69 bits per heavy atom. The van der Waals surface area contributed by atoms with Gasteiger partial charge in [0.05, 0.1) is 18.2 Å². The predicted octanol–water partition coefficient (Wildman–Crippen LogP) is 8.99. The third-order valence-electron chi connectivity index (χ3n) is 8.83. The zero-order valence-electron chi connectivity index (χ0n) is 29.4. The molecule has 1 aromatic rings. The first-order valence-corrected chi connectivity index (χ1v) is 20.9. The third-order valence-corrected chi connectivity index (χ3v) is 17.8. The molecule has 240 valence electrons. The average molecular weight is 622 g/mol. The van der Waals surface area contributed by atoms with Gasteiger partial charge < -0.3 is 13.6 Å². The van der Waals surface area contributed by atoms with Crippen LogP contribution in [0.3, 0.4) is 0 Å². The summed E-state index contributed by atoms with van der Waals surface area (Å²) in [4.78, 5) is 42.6. The molecule has 0 aliphatic carbocycles. The SMILES string of the molecule is C[C@H](CO[Si](C)(C)C(C)(C)C)C(=O)C(C)(C)[C@H](CC(=O)N(C(=O)OC(C)(C)C)c1ccccc1)O[Si](C)(C)C(C)(C)C. The quantitative estimate of drug-likeness (QED) is 0.229. The van der Waals surface area contributed by atoms with E-state index in [1.807, 2.05) is 26.8 Å². The fraction of sp³-hybridized carbons (Fsp3) is 0.727. The molecule has 0 heterocycles. The summed E-state index contributed by atoms with van der Waals surface area (Å²) in [5.41, 5.74) is -1.42. The summed E-state index contributed by atoms with van der Waals surface area (Å²) in [7, 11) is -4.50. The van der Waals surface area contributed by atoms with Gasteiger partial charge in [-0.15, -0.1) is 0 Å². The predicted molar refractivity (Wildman–Crippen MR) is 178 cm³/mol. The number of amides is 2. The van der Waals surface area contributed by atoms with Gasteiger partial charge in [-0.2, -0.15) is 0 Å². The first kappa shape index (κ1) is 38.2. The molecule has 0 aliphatic heterocycles. The normalized spacial score (nSPS) is 15.1. The van der Waals surface area contributed by atoms with Gasteiger partial charge >= 0.3 is 6.09 Å². The van der Waals surface area contributed by atoms with Gasteiger partial charge in [-0.05, 0) is 69.2 Å². The van der Waals surface area contributed by atoms with Crippen LogP contribution in [0.25, 0.3) is 0 Å². The Bertz CT molecular complexity index is 1080. The number of nitrogens with zero attached hydrogens (tertiary/aromatic N) is 1. The number of ketones is 1. The molecule has 7 nitrogen and oxygen atoms in total. The van der Waals surface area contributed by atoms with Crippen molar-refractivity contribution >= 4 is 40.1 Å². The van der Waals surface area contributed by atoms with Gasteiger partial charge in [0.2, 0.25) is 5.91 Å². The van der Waals surface area contributed by atoms with Crippen molar-refractivity contribution in [3.8, 4) is 0 Å². The third kappa shape index (κ3) is 10.1. The Balaban J connectivity index is 3.50. The van der Waals surface area contributed by atoms with Crippen molar-refractivity contribution in [2.24, 2.45) is 11.3 Å². The van der Waals surface area contributed by atoms with Crippen LogP contribution in [0.4, 0.5) is 10.5 Å². The van der Waals surface area contributed by atoms with Crippen LogP contribution in [0, 0.1) is 11.3 Å². The standard InChI is InChI=1S/C33H59NO6Si2/c1-24(23-38-41(13,14)31(5,6)7)28(36)33(11,12)26(40-42(15,16)32(8,9)10)22-27(35)34(25-20-18-17-19-21-25)29(37)39-30(2,3)4/h17-21,24,26H,22-23H2,1-16H3/t24-,26+/m1/s1. The van der Waals surface area contributed by atoms with Gasteiger partial charge in [-0.3, -0.25) is 9.59 Å². The lowest BCUT2D eigenvalue weighted by Crippen LogP contribution is -2.53. The lowest BCUT2D eigenvalue weighted by atomic mass is 9.76. The highest BCUT2D eigenvalue weighted by Gasteiger charge is 2.48. The summed E-state index contributed by atoms with van der Waals surface area (Å²) in [5, 5.41) is -0.136. The number of hydrogen-bond donors (Lipinski definition) is 0. The number of rotatable bonds is 11. The number of hydrogen-bond acceptors (Lipinski definition) is 6. The molecule has 2 atom stereocenters. The second kappa shape index (κ2) is 13.4. The molecular weight excluding hydrogens is 563 g/mol. The highest BCUT2D eigenvalue weighted by atomic mass is 28.4. The molecule has 2 amide bonds. The highest BCUT2D eigenvalue weighted by Crippen LogP contribution is 2.42. The molecule has 9 heteroatoms. The van der Waals surface area contributed by atoms with Crippen LogP contribution >= 0.6 is 0 Å². The van der Waals surface area contributed by atoms with Crippen LogP contribution in [0.5, 0.6) is 0 Å². The molecule has 0 aliphatic rings. The Kier molecular flexibility index (Phi) is 12.2. The minimum absolute atomic E-state index is 0.0221. The van der Waals surface area contributed by atoms with Crippen molar-refractivity contribution in [1.82, 2.24) is 0 Å². The number of Topliss-reactive ketones (excluding diaryl/α,β-unsaturated/α-hetero) is 1. The molecule has 0 N–H and O–H groups in total. The van der Waals surface area contributed by atoms with E-state index < -0.39 is 51.7 Å². The van der Waals surface area contributed by atoms with E-state index in [9.17, 15) is 14.4 Å². The van der Waals surface area contributed by atoms with Gasteiger partial charge in [-0.1, -0.05) is 80.5 Å². The summed E-state index contributed by atoms with van der Waals surface area (Å²) in [6.45, 7) is 32.6. The molecule has 0 saturated carbocycles. The Hall–Kier alpha value is -1.82. The maximum atomic E-state index is 14.1. The van der Waals surface area contributed by atoms with Crippen LogP contribution < -0.4 is 4.90 Å². The number of anilines is 1. The molecule has 0 unspecified atom stereocenters. The van der Waals surface area contributed by atoms with Crippen LogP contribution in [0.1, 0.15) is 89.5 Å². The fourth-order valence-electron chi connectivity index (χ4n) is 3.88. The van der Waals surface area contributed by atoms with E-state index in [0.717, 1.165) is 4.90 Å². The number of imide groups is 1. The average Bonchev–Trinajstić information content (AvgIpc) is 2.79. The summed E-state index contributed by atoms with van der Waals surface area (Å²) in [6.07, 6.45) is -1.68. The first-order valence-electron chi connectivity index (χ1n) is 15.1. The van der Waals surface area contributed by atoms with Gasteiger partial charge in [-0.25, -0.2) is 9.69 Å². The van der Waals surface area contributed by atoms with E-state index >= 15 is 0 Å². The second-order valence-corrected chi connectivity index (χ2v) is 25.7. The molecule has 0 aromatic heterocycles. The highest BCUT2D eigenvalue weighted by molar-refractivity contribution is 6.74. The van der Waals surface area contributed by atoms with Crippen LogP contribution in [0.15, 0.2) is 30.3 Å². The number of ether oxygens (including phenoxy) is 1. The largest absolute Gasteiger partial charge is 0.443 e. The first-order chi connectivity index (χ1) is 18.6. The number of benzene rings is 1. The van der Waals surface area contributed by atoms with Crippen LogP contribution in [-0.2, 0) is 23.2 Å². The number of carbonyl (C=O) groups excluding carboxylic acids is 3. The van der Waals surface area contributed by atoms with E-state index in [1.165, 1.54) is 0 Å². The maximum absolute atomic E-state index is 14.1. The Labute approximate surface area is 258 Å². The van der Waals surface area contributed by atoms with Gasteiger partial charge in [0.15, 0.2) is 16.6 Å². The van der Waals surface area contributed by atoms with Crippen molar-refractivity contribution in [1.29, 1.82) is 0 Å². The zero-order chi connectivity index (χ0) is 33.1. The van der Waals surface area contributed by atoms with Crippen molar-refractivity contribution in [3.05, 3.63) is 30.3 Å². The number of carbonyl (C=O) groups is 3. The second-order valence-electron chi connectivity index (χ2n) is 16.2. The van der Waals surface area contributed by atoms with E-state index in [0.29, 0.717) is 12.3 Å². The molecule has 0 fully saturated rings. The lowest BCUT2D eigenvalue weighted by Gasteiger charge is -2.44. The van der Waals surface area contributed by atoms with E-state index in [4.69, 9.17) is 13.6 Å². The van der Waals surface area contributed by atoms with Crippen molar-refractivity contribution in [2.75, 3.05) is 11.5 Å². The molecule has 0 radical (unpaired) electrons. The molecule has 1 rings (SSSR count). The molecule has 0 spiro atoms. The van der Waals surface area contributed by atoms with Crippen molar-refractivity contribution in [3.63, 3.8) is 0 Å². The summed E-state index contributed by atoms with van der Waals surface area (Å²) < 4.78 is 18.9. The summed E-state index contributed by atoms with van der Waals surface area (Å²) in [5.74, 6) is -0.905. The minimum Gasteiger partial charge on any atom is -0.443 e. The van der Waals surface area contributed by atoms with Crippen LogP contribution in [-0.4, -0.2) is 52.7 Å². The topological polar surface area (TPSA) is 82.1 Å². The smallest absolute Gasteiger partial charge is 0.421 e. The van der Waals surface area contributed by atoms with Gasteiger partial charge in [0.25, 0.3) is 0 Å². The van der Waals surface area contributed by atoms with Crippen molar-refractivity contribution < 1.29 is 28.0 Å². The van der Waals surface area contributed by atoms with Crippen molar-refractivity contribution in [2.45, 2.75) is 137 Å². The summed E-state index contributed by atoms with van der Waals surface area (Å²) in [6, 6.07) is 8.74. The Morgan fingerprint density at radius 1 is 0.786 bits per heavy atom. The molecule has 42 heavy (non-hydrogen) atoms. The van der Waals surface area contributed by atoms with Gasteiger partial charge in [0.1, 0.15) is 11.4 Å². The monoisotopic (exact) mass is 621 g/mol. The molecule has 0 bridgehead atoms.